The molecule has 0 aromatic heterocycles. The summed E-state index contributed by atoms with van der Waals surface area (Å²) in [6.07, 6.45) is 7.52. The van der Waals surface area contributed by atoms with E-state index in [1.54, 1.807) is 0 Å². The second-order valence-electron chi connectivity index (χ2n) is 2.69. The van der Waals surface area contributed by atoms with Gasteiger partial charge in [0.2, 0.25) is 0 Å². The van der Waals surface area contributed by atoms with Gasteiger partial charge in [-0.05, 0) is 24.8 Å². The number of nitrogens with one attached hydrogen (secondary N) is 1. The molecule has 0 saturated heterocycles. The first-order chi connectivity index (χ1) is 4.47. The van der Waals surface area contributed by atoms with Crippen molar-refractivity contribution in [2.75, 3.05) is 0 Å². The minimum Gasteiger partial charge on any atom is -0.274 e. The zero-order valence-electron chi connectivity index (χ0n) is 5.39. The lowest BCUT2D eigenvalue weighted by Gasteiger charge is -2.17. The third kappa shape index (κ3) is 0.833. The monoisotopic (exact) mass is 125 g/mol. The van der Waals surface area contributed by atoms with Gasteiger partial charge in [0.05, 0.1) is 0 Å². The minimum absolute atomic E-state index is 0.416. The fraction of sp³-hybridized carbons (Fsp3) is 0.714. The van der Waals surface area contributed by atoms with Crippen molar-refractivity contribution in [1.82, 2.24) is 5.48 Å². The van der Waals surface area contributed by atoms with Crippen LogP contribution in [0.25, 0.3) is 0 Å². The minimum atomic E-state index is 0.416. The molecule has 2 heteroatoms. The van der Waals surface area contributed by atoms with Crippen molar-refractivity contribution < 1.29 is 4.84 Å². The molecule has 1 saturated carbocycles. The maximum atomic E-state index is 5.21. The highest BCUT2D eigenvalue weighted by molar-refractivity contribution is 5.12. The van der Waals surface area contributed by atoms with Gasteiger partial charge in [-0.2, -0.15) is 0 Å². The summed E-state index contributed by atoms with van der Waals surface area (Å²) in [6, 6.07) is 0. The first-order valence-corrected chi connectivity index (χ1v) is 3.57. The Balaban J connectivity index is 2.09. The van der Waals surface area contributed by atoms with Crippen LogP contribution in [0, 0.1) is 0 Å². The van der Waals surface area contributed by atoms with E-state index in [4.69, 9.17) is 4.84 Å². The van der Waals surface area contributed by atoms with Gasteiger partial charge < -0.3 is 0 Å². The normalized spacial score (nSPS) is 32.9. The van der Waals surface area contributed by atoms with Crippen molar-refractivity contribution >= 4 is 0 Å². The van der Waals surface area contributed by atoms with Gasteiger partial charge in [-0.1, -0.05) is 6.42 Å². The summed E-state index contributed by atoms with van der Waals surface area (Å²) in [5, 5.41) is 0. The summed E-state index contributed by atoms with van der Waals surface area (Å²) in [7, 11) is 0. The molecule has 1 aliphatic heterocycles. The van der Waals surface area contributed by atoms with Crippen molar-refractivity contribution in [2.45, 2.75) is 31.8 Å². The third-order valence-electron chi connectivity index (χ3n) is 2.05. The highest BCUT2D eigenvalue weighted by Gasteiger charge is 2.22. The van der Waals surface area contributed by atoms with E-state index in [2.05, 4.69) is 5.48 Å². The standard InChI is InChI=1S/C7H11NO/c1-2-4-7-6(3-1)5-8-9-7/h5,7-8H,1-4H2. The summed E-state index contributed by atoms with van der Waals surface area (Å²) in [5.74, 6) is 0. The van der Waals surface area contributed by atoms with Gasteiger partial charge in [0, 0.05) is 6.20 Å². The second-order valence-corrected chi connectivity index (χ2v) is 2.69. The van der Waals surface area contributed by atoms with E-state index in [1.807, 2.05) is 6.20 Å². The molecule has 0 bridgehead atoms. The van der Waals surface area contributed by atoms with Crippen LogP contribution in [0.1, 0.15) is 25.7 Å². The number of fused-ring (bicyclic) bond motifs is 1. The highest BCUT2D eigenvalue weighted by Crippen LogP contribution is 2.27. The van der Waals surface area contributed by atoms with Crippen molar-refractivity contribution in [2.24, 2.45) is 0 Å². The molecule has 50 valence electrons. The van der Waals surface area contributed by atoms with Crippen LogP contribution in [0.4, 0.5) is 0 Å². The van der Waals surface area contributed by atoms with Gasteiger partial charge in [0.15, 0.2) is 0 Å². The molecule has 9 heavy (non-hydrogen) atoms. The van der Waals surface area contributed by atoms with Crippen molar-refractivity contribution in [3.05, 3.63) is 11.8 Å². The maximum Gasteiger partial charge on any atom is 0.108 e. The maximum absolute atomic E-state index is 5.21. The Morgan fingerprint density at radius 2 is 2.56 bits per heavy atom. The molecule has 2 aliphatic rings. The Labute approximate surface area is 54.8 Å². The predicted octanol–water partition coefficient (Wildman–Crippen LogP) is 1.35. The molecule has 0 radical (unpaired) electrons. The van der Waals surface area contributed by atoms with Crippen molar-refractivity contribution in [1.29, 1.82) is 0 Å². The number of hydrogen-bond acceptors (Lipinski definition) is 2. The van der Waals surface area contributed by atoms with Crippen LogP contribution < -0.4 is 5.48 Å². The number of rotatable bonds is 0. The fourth-order valence-corrected chi connectivity index (χ4v) is 1.50. The SMILES string of the molecule is C1=C2CCCCC2ON1. The van der Waals surface area contributed by atoms with Gasteiger partial charge in [0.25, 0.3) is 0 Å². The van der Waals surface area contributed by atoms with Gasteiger partial charge in [0.1, 0.15) is 6.10 Å². The lowest BCUT2D eigenvalue weighted by atomic mass is 9.93. The molecule has 0 aromatic carbocycles. The Morgan fingerprint density at radius 1 is 1.56 bits per heavy atom. The van der Waals surface area contributed by atoms with E-state index >= 15 is 0 Å². The Morgan fingerprint density at radius 3 is 3.44 bits per heavy atom. The molecule has 1 fully saturated rings. The van der Waals surface area contributed by atoms with Gasteiger partial charge in [-0.15, -0.1) is 0 Å². The molecule has 1 atom stereocenters. The lowest BCUT2D eigenvalue weighted by Crippen LogP contribution is -2.16. The van der Waals surface area contributed by atoms with Crippen molar-refractivity contribution in [3.63, 3.8) is 0 Å². The van der Waals surface area contributed by atoms with Crippen LogP contribution in [0.2, 0.25) is 0 Å². The number of hydrogen-bond donors (Lipinski definition) is 1. The summed E-state index contributed by atoms with van der Waals surface area (Å²) >= 11 is 0. The molecule has 0 spiro atoms. The lowest BCUT2D eigenvalue weighted by molar-refractivity contribution is 0.0314. The molecule has 1 heterocycles. The zero-order valence-corrected chi connectivity index (χ0v) is 5.39. The molecular formula is C7H11NO. The van der Waals surface area contributed by atoms with E-state index in [-0.39, 0.29) is 0 Å². The molecule has 1 unspecified atom stereocenters. The second kappa shape index (κ2) is 2.03. The quantitative estimate of drug-likeness (QED) is 0.527. The molecule has 0 aromatic rings. The molecule has 1 aliphatic carbocycles. The Kier molecular flexibility index (Phi) is 1.19. The predicted molar refractivity (Wildman–Crippen MR) is 34.6 cm³/mol. The Bertz CT molecular complexity index is 142. The summed E-state index contributed by atoms with van der Waals surface area (Å²) < 4.78 is 0. The van der Waals surface area contributed by atoms with Crippen LogP contribution in [0.15, 0.2) is 11.8 Å². The highest BCUT2D eigenvalue weighted by atomic mass is 16.7. The van der Waals surface area contributed by atoms with Crippen LogP contribution >= 0.6 is 0 Å². The van der Waals surface area contributed by atoms with Crippen LogP contribution in [-0.4, -0.2) is 6.10 Å². The smallest absolute Gasteiger partial charge is 0.108 e. The van der Waals surface area contributed by atoms with Gasteiger partial charge >= 0.3 is 0 Å². The molecule has 2 rings (SSSR count). The topological polar surface area (TPSA) is 21.3 Å². The summed E-state index contributed by atoms with van der Waals surface area (Å²) in [4.78, 5) is 5.21. The molecular weight excluding hydrogens is 114 g/mol. The first-order valence-electron chi connectivity index (χ1n) is 3.57. The average molecular weight is 125 g/mol. The largest absolute Gasteiger partial charge is 0.274 e. The fourth-order valence-electron chi connectivity index (χ4n) is 1.50. The van der Waals surface area contributed by atoms with E-state index in [9.17, 15) is 0 Å². The molecule has 1 N–H and O–H groups in total. The van der Waals surface area contributed by atoms with E-state index in [0.29, 0.717) is 6.10 Å². The molecule has 2 nitrogen and oxygen atoms in total. The van der Waals surface area contributed by atoms with Crippen molar-refractivity contribution in [3.8, 4) is 0 Å². The van der Waals surface area contributed by atoms with Crippen LogP contribution in [0.3, 0.4) is 0 Å². The Hall–Kier alpha value is -0.500. The first kappa shape index (κ1) is 5.30. The summed E-state index contributed by atoms with van der Waals surface area (Å²) in [6.45, 7) is 0. The number of hydroxylamine groups is 1. The summed E-state index contributed by atoms with van der Waals surface area (Å²) in [5.41, 5.74) is 4.26. The van der Waals surface area contributed by atoms with Gasteiger partial charge in [-0.3, -0.25) is 10.3 Å². The average Bonchev–Trinajstić information content (AvgIpc) is 2.33. The van der Waals surface area contributed by atoms with E-state index in [0.717, 1.165) is 0 Å². The zero-order chi connectivity index (χ0) is 6.10. The molecule has 0 amide bonds. The van der Waals surface area contributed by atoms with Gasteiger partial charge in [-0.25, -0.2) is 0 Å². The van der Waals surface area contributed by atoms with E-state index < -0.39 is 0 Å². The van der Waals surface area contributed by atoms with Crippen LogP contribution in [0.5, 0.6) is 0 Å². The van der Waals surface area contributed by atoms with E-state index in [1.165, 1.54) is 31.3 Å². The third-order valence-corrected chi connectivity index (χ3v) is 2.05. The van der Waals surface area contributed by atoms with Crippen LogP contribution in [-0.2, 0) is 4.84 Å².